The van der Waals surface area contributed by atoms with E-state index in [1.54, 1.807) is 6.92 Å². The molecule has 0 aliphatic heterocycles. The fourth-order valence-corrected chi connectivity index (χ4v) is 1.88. The zero-order valence-corrected chi connectivity index (χ0v) is 9.64. The van der Waals surface area contributed by atoms with Gasteiger partial charge >= 0.3 is 0 Å². The maximum absolute atomic E-state index is 13.7. The highest BCUT2D eigenvalue weighted by Crippen LogP contribution is 2.20. The first kappa shape index (κ1) is 11.3. The van der Waals surface area contributed by atoms with Gasteiger partial charge in [0, 0.05) is 6.04 Å². The van der Waals surface area contributed by atoms with Crippen molar-refractivity contribution in [2.24, 2.45) is 0 Å². The summed E-state index contributed by atoms with van der Waals surface area (Å²) in [6, 6.07) is 3.72. The van der Waals surface area contributed by atoms with E-state index in [-0.39, 0.29) is 17.9 Å². The first-order chi connectivity index (χ1) is 7.58. The van der Waals surface area contributed by atoms with Crippen molar-refractivity contribution in [3.05, 3.63) is 34.6 Å². The summed E-state index contributed by atoms with van der Waals surface area (Å²) in [5.41, 5.74) is 1.81. The Kier molecular flexibility index (Phi) is 3.06. The Balaban J connectivity index is 2.14. The second-order valence-electron chi connectivity index (χ2n) is 4.52. The average Bonchev–Trinajstić information content (AvgIpc) is 2.96. The van der Waals surface area contributed by atoms with E-state index in [9.17, 15) is 9.18 Å². The molecule has 3 heteroatoms. The van der Waals surface area contributed by atoms with Gasteiger partial charge in [-0.3, -0.25) is 4.79 Å². The van der Waals surface area contributed by atoms with E-state index in [1.165, 1.54) is 6.07 Å². The van der Waals surface area contributed by atoms with Crippen molar-refractivity contribution in [3.63, 3.8) is 0 Å². The zero-order valence-electron chi connectivity index (χ0n) is 9.64. The fourth-order valence-electron chi connectivity index (χ4n) is 1.88. The van der Waals surface area contributed by atoms with Gasteiger partial charge < -0.3 is 5.32 Å². The highest BCUT2D eigenvalue weighted by Gasteiger charge is 2.23. The van der Waals surface area contributed by atoms with Crippen molar-refractivity contribution in [2.75, 3.05) is 6.54 Å². The molecule has 0 atom stereocenters. The van der Waals surface area contributed by atoms with Crippen LogP contribution in [0.4, 0.5) is 4.39 Å². The zero-order chi connectivity index (χ0) is 11.7. The number of ketones is 1. The van der Waals surface area contributed by atoms with E-state index < -0.39 is 5.82 Å². The third-order valence-electron chi connectivity index (χ3n) is 2.84. The van der Waals surface area contributed by atoms with Crippen molar-refractivity contribution >= 4 is 5.78 Å². The third-order valence-corrected chi connectivity index (χ3v) is 2.84. The van der Waals surface area contributed by atoms with Crippen LogP contribution in [0.1, 0.15) is 34.3 Å². The first-order valence-corrected chi connectivity index (χ1v) is 5.61. The summed E-state index contributed by atoms with van der Waals surface area (Å²) in [5, 5.41) is 3.11. The number of carbonyl (C=O) groups excluding carboxylic acids is 1. The van der Waals surface area contributed by atoms with Crippen molar-refractivity contribution in [3.8, 4) is 0 Å². The molecule has 0 amide bonds. The summed E-state index contributed by atoms with van der Waals surface area (Å²) in [5.74, 6) is -0.554. The molecular weight excluding hydrogens is 205 g/mol. The lowest BCUT2D eigenvalue weighted by Crippen LogP contribution is -2.26. The van der Waals surface area contributed by atoms with Gasteiger partial charge in [0.15, 0.2) is 5.78 Å². The largest absolute Gasteiger partial charge is 0.307 e. The third kappa shape index (κ3) is 2.47. The summed E-state index contributed by atoms with van der Waals surface area (Å²) >= 11 is 0. The minimum absolute atomic E-state index is 0.151. The van der Waals surface area contributed by atoms with E-state index in [0.29, 0.717) is 6.04 Å². The summed E-state index contributed by atoms with van der Waals surface area (Å²) in [6.45, 7) is 3.85. The van der Waals surface area contributed by atoms with Crippen LogP contribution in [-0.2, 0) is 0 Å². The predicted octanol–water partition coefficient (Wildman–Crippen LogP) is 2.38. The number of nitrogens with one attached hydrogen (secondary N) is 1. The number of benzene rings is 1. The smallest absolute Gasteiger partial charge is 0.179 e. The van der Waals surface area contributed by atoms with Crippen molar-refractivity contribution in [1.29, 1.82) is 0 Å². The van der Waals surface area contributed by atoms with Gasteiger partial charge in [0.1, 0.15) is 5.82 Å². The van der Waals surface area contributed by atoms with Gasteiger partial charge in [0.05, 0.1) is 12.1 Å². The molecule has 2 rings (SSSR count). The maximum Gasteiger partial charge on any atom is 0.179 e. The number of carbonyl (C=O) groups is 1. The summed E-state index contributed by atoms with van der Waals surface area (Å²) in [7, 11) is 0. The van der Waals surface area contributed by atoms with E-state index >= 15 is 0 Å². The SMILES string of the molecule is Cc1cc(C)c(C(=O)CNC2CC2)c(F)c1. The lowest BCUT2D eigenvalue weighted by Gasteiger charge is -2.08. The van der Waals surface area contributed by atoms with Crippen molar-refractivity contribution in [2.45, 2.75) is 32.7 Å². The second kappa shape index (κ2) is 4.34. The molecule has 1 N–H and O–H groups in total. The number of rotatable bonds is 4. The molecule has 1 saturated carbocycles. The second-order valence-corrected chi connectivity index (χ2v) is 4.52. The summed E-state index contributed by atoms with van der Waals surface area (Å²) in [6.07, 6.45) is 2.26. The molecule has 1 aromatic rings. The summed E-state index contributed by atoms with van der Waals surface area (Å²) < 4.78 is 13.7. The van der Waals surface area contributed by atoms with E-state index in [1.807, 2.05) is 13.0 Å². The normalized spacial score (nSPS) is 15.2. The molecule has 0 saturated heterocycles. The summed E-state index contributed by atoms with van der Waals surface area (Å²) in [4.78, 5) is 11.8. The van der Waals surface area contributed by atoms with Crippen molar-refractivity contribution < 1.29 is 9.18 Å². The average molecular weight is 221 g/mol. The highest BCUT2D eigenvalue weighted by atomic mass is 19.1. The van der Waals surface area contributed by atoms with Gasteiger partial charge in [-0.05, 0) is 43.9 Å². The molecule has 1 aromatic carbocycles. The quantitative estimate of drug-likeness (QED) is 0.791. The number of aryl methyl sites for hydroxylation is 2. The molecule has 86 valence electrons. The van der Waals surface area contributed by atoms with Crippen LogP contribution >= 0.6 is 0 Å². The minimum Gasteiger partial charge on any atom is -0.307 e. The van der Waals surface area contributed by atoms with Crippen LogP contribution in [0.5, 0.6) is 0 Å². The minimum atomic E-state index is -0.403. The van der Waals surface area contributed by atoms with Crippen LogP contribution in [0.3, 0.4) is 0 Å². The Morgan fingerprint density at radius 2 is 2.12 bits per heavy atom. The van der Waals surface area contributed by atoms with Crippen LogP contribution in [0.2, 0.25) is 0 Å². The van der Waals surface area contributed by atoms with Gasteiger partial charge in [0.2, 0.25) is 0 Å². The molecule has 0 heterocycles. The molecular formula is C13H16FNO. The molecule has 0 unspecified atom stereocenters. The molecule has 1 aliphatic rings. The standard InChI is InChI=1S/C13H16FNO/c1-8-5-9(2)13(11(14)6-8)12(16)7-15-10-3-4-10/h5-6,10,15H,3-4,7H2,1-2H3. The Morgan fingerprint density at radius 3 is 2.69 bits per heavy atom. The van der Waals surface area contributed by atoms with Crippen molar-refractivity contribution in [1.82, 2.24) is 5.32 Å². The molecule has 16 heavy (non-hydrogen) atoms. The molecule has 2 nitrogen and oxygen atoms in total. The van der Waals surface area contributed by atoms with Crippen LogP contribution in [0.15, 0.2) is 12.1 Å². The number of hydrogen-bond donors (Lipinski definition) is 1. The molecule has 0 bridgehead atoms. The van der Waals surface area contributed by atoms with Crippen LogP contribution in [0, 0.1) is 19.7 Å². The Labute approximate surface area is 94.9 Å². The van der Waals surface area contributed by atoms with E-state index in [2.05, 4.69) is 5.32 Å². The molecule has 0 spiro atoms. The molecule has 1 aliphatic carbocycles. The van der Waals surface area contributed by atoms with E-state index in [4.69, 9.17) is 0 Å². The lowest BCUT2D eigenvalue weighted by atomic mass is 10.0. The molecule has 0 radical (unpaired) electrons. The molecule has 1 fully saturated rings. The Hall–Kier alpha value is -1.22. The predicted molar refractivity (Wildman–Crippen MR) is 61.2 cm³/mol. The first-order valence-electron chi connectivity index (χ1n) is 5.61. The van der Waals surface area contributed by atoms with E-state index in [0.717, 1.165) is 24.0 Å². The maximum atomic E-state index is 13.7. The van der Waals surface area contributed by atoms with Gasteiger partial charge in [-0.25, -0.2) is 4.39 Å². The van der Waals surface area contributed by atoms with Crippen LogP contribution < -0.4 is 5.32 Å². The monoisotopic (exact) mass is 221 g/mol. The molecule has 0 aromatic heterocycles. The van der Waals surface area contributed by atoms with Crippen LogP contribution in [-0.4, -0.2) is 18.4 Å². The van der Waals surface area contributed by atoms with Gasteiger partial charge in [0.25, 0.3) is 0 Å². The van der Waals surface area contributed by atoms with Crippen LogP contribution in [0.25, 0.3) is 0 Å². The Bertz CT molecular complexity index is 401. The lowest BCUT2D eigenvalue weighted by molar-refractivity contribution is 0.0986. The Morgan fingerprint density at radius 1 is 1.44 bits per heavy atom. The topological polar surface area (TPSA) is 29.1 Å². The van der Waals surface area contributed by atoms with Gasteiger partial charge in [-0.15, -0.1) is 0 Å². The fraction of sp³-hybridized carbons (Fsp3) is 0.462. The van der Waals surface area contributed by atoms with Gasteiger partial charge in [-0.1, -0.05) is 6.07 Å². The van der Waals surface area contributed by atoms with Gasteiger partial charge in [-0.2, -0.15) is 0 Å². The number of Topliss-reactive ketones (excluding diaryl/α,β-unsaturated/α-hetero) is 1. The highest BCUT2D eigenvalue weighted by molar-refractivity contribution is 5.99. The number of halogens is 1. The number of hydrogen-bond acceptors (Lipinski definition) is 2.